The molecular weight excluding hydrogens is 283 g/mol. The first-order chi connectivity index (χ1) is 9.53. The Kier molecular flexibility index (Phi) is 4.86. The van der Waals surface area contributed by atoms with Gasteiger partial charge in [-0.05, 0) is 37.1 Å². The number of rotatable bonds is 7. The summed E-state index contributed by atoms with van der Waals surface area (Å²) in [6, 6.07) is 6.79. The van der Waals surface area contributed by atoms with Crippen LogP contribution in [0.2, 0.25) is 0 Å². The van der Waals surface area contributed by atoms with Crippen molar-refractivity contribution in [3.63, 3.8) is 0 Å². The van der Waals surface area contributed by atoms with Crippen molar-refractivity contribution in [2.45, 2.75) is 31.3 Å². The van der Waals surface area contributed by atoms with Gasteiger partial charge in [0.15, 0.2) is 5.13 Å². The molecule has 0 spiro atoms. The quantitative estimate of drug-likeness (QED) is 0.565. The molecule has 1 aliphatic carbocycles. The molecule has 5 heteroatoms. The fourth-order valence-corrected chi connectivity index (χ4v) is 2.16. The minimum Gasteiger partial charge on any atom is -0.494 e. The van der Waals surface area contributed by atoms with Crippen LogP contribution in [0.25, 0.3) is 0 Å². The first-order valence-corrected chi connectivity index (χ1v) is 7.18. The molecule has 0 saturated heterocycles. The summed E-state index contributed by atoms with van der Waals surface area (Å²) in [5, 5.41) is -1.58. The summed E-state index contributed by atoms with van der Waals surface area (Å²) < 4.78 is 23.6. The highest BCUT2D eigenvalue weighted by atomic mass is 35.5. The maximum atomic E-state index is 13.1. The van der Waals surface area contributed by atoms with E-state index in [0.717, 1.165) is 12.2 Å². The molecule has 2 unspecified atom stereocenters. The topological polar surface area (TPSA) is 35.5 Å². The summed E-state index contributed by atoms with van der Waals surface area (Å²) in [4.78, 5) is 11.7. The van der Waals surface area contributed by atoms with Crippen LogP contribution in [0.4, 0.5) is 4.39 Å². The van der Waals surface area contributed by atoms with Crippen molar-refractivity contribution in [1.29, 1.82) is 0 Å². The molecule has 2 rings (SSSR count). The standard InChI is InChI=1S/C15H18ClFO3/c1-2-8-19-13-5-3-11(4-6-13)14(18)20-9-7-12-10-15(12,16)17/h3-6,12H,2,7-10H2,1H3. The first-order valence-electron chi connectivity index (χ1n) is 6.80. The molecule has 0 amide bonds. The van der Waals surface area contributed by atoms with E-state index in [2.05, 4.69) is 0 Å². The van der Waals surface area contributed by atoms with Crippen molar-refractivity contribution in [2.24, 2.45) is 5.92 Å². The van der Waals surface area contributed by atoms with Crippen LogP contribution in [0.15, 0.2) is 24.3 Å². The van der Waals surface area contributed by atoms with Crippen LogP contribution in [-0.4, -0.2) is 24.3 Å². The number of halogens is 2. The minimum absolute atomic E-state index is 0.190. The Balaban J connectivity index is 1.74. The Bertz CT molecular complexity index is 459. The van der Waals surface area contributed by atoms with E-state index < -0.39 is 11.1 Å². The molecule has 0 aromatic heterocycles. The summed E-state index contributed by atoms with van der Waals surface area (Å²) in [5.41, 5.74) is 0.460. The molecule has 3 nitrogen and oxygen atoms in total. The average molecular weight is 301 g/mol. The normalized spacial score (nSPS) is 24.2. The van der Waals surface area contributed by atoms with Gasteiger partial charge in [-0.25, -0.2) is 9.18 Å². The van der Waals surface area contributed by atoms with Crippen molar-refractivity contribution in [3.05, 3.63) is 29.8 Å². The van der Waals surface area contributed by atoms with Gasteiger partial charge in [-0.15, -0.1) is 0 Å². The van der Waals surface area contributed by atoms with Crippen molar-refractivity contribution in [3.8, 4) is 5.75 Å². The molecule has 1 aliphatic rings. The van der Waals surface area contributed by atoms with E-state index in [4.69, 9.17) is 21.1 Å². The van der Waals surface area contributed by atoms with Crippen LogP contribution >= 0.6 is 11.6 Å². The van der Waals surface area contributed by atoms with E-state index in [1.54, 1.807) is 24.3 Å². The number of esters is 1. The average Bonchev–Trinajstić information content (AvgIpc) is 3.04. The van der Waals surface area contributed by atoms with Crippen molar-refractivity contribution < 1.29 is 18.7 Å². The summed E-state index contributed by atoms with van der Waals surface area (Å²) >= 11 is 5.48. The number of ether oxygens (including phenoxy) is 2. The van der Waals surface area contributed by atoms with E-state index >= 15 is 0 Å². The highest BCUT2D eigenvalue weighted by Gasteiger charge is 2.53. The van der Waals surface area contributed by atoms with Crippen LogP contribution < -0.4 is 4.74 Å². The van der Waals surface area contributed by atoms with Gasteiger partial charge < -0.3 is 9.47 Å². The molecule has 1 aromatic rings. The summed E-state index contributed by atoms with van der Waals surface area (Å²) in [7, 11) is 0. The van der Waals surface area contributed by atoms with Crippen LogP contribution in [0.1, 0.15) is 36.5 Å². The third kappa shape index (κ3) is 4.10. The van der Waals surface area contributed by atoms with Gasteiger partial charge in [0, 0.05) is 12.3 Å². The minimum atomic E-state index is -1.58. The smallest absolute Gasteiger partial charge is 0.338 e. The van der Waals surface area contributed by atoms with Gasteiger partial charge in [-0.2, -0.15) is 0 Å². The summed E-state index contributed by atoms with van der Waals surface area (Å²) in [6.07, 6.45) is 1.74. The molecule has 0 heterocycles. The van der Waals surface area contributed by atoms with Crippen LogP contribution in [-0.2, 0) is 4.74 Å². The SMILES string of the molecule is CCCOc1ccc(C(=O)OCCC2CC2(F)Cl)cc1. The number of alkyl halides is 2. The molecule has 1 saturated carbocycles. The monoisotopic (exact) mass is 300 g/mol. The molecule has 1 aromatic carbocycles. The Morgan fingerprint density at radius 3 is 2.60 bits per heavy atom. The lowest BCUT2D eigenvalue weighted by molar-refractivity contribution is 0.0491. The highest BCUT2D eigenvalue weighted by Crippen LogP contribution is 2.52. The molecule has 0 bridgehead atoms. The molecule has 1 fully saturated rings. The molecule has 0 N–H and O–H groups in total. The van der Waals surface area contributed by atoms with Crippen LogP contribution in [0, 0.1) is 5.92 Å². The van der Waals surface area contributed by atoms with E-state index in [9.17, 15) is 9.18 Å². The third-order valence-electron chi connectivity index (χ3n) is 3.22. The van der Waals surface area contributed by atoms with Gasteiger partial charge in [-0.1, -0.05) is 18.5 Å². The van der Waals surface area contributed by atoms with Gasteiger partial charge in [0.1, 0.15) is 5.75 Å². The van der Waals surface area contributed by atoms with E-state index in [0.29, 0.717) is 25.0 Å². The highest BCUT2D eigenvalue weighted by molar-refractivity contribution is 6.24. The summed E-state index contributed by atoms with van der Waals surface area (Å²) in [6.45, 7) is 2.86. The van der Waals surface area contributed by atoms with Gasteiger partial charge in [-0.3, -0.25) is 0 Å². The van der Waals surface area contributed by atoms with Gasteiger partial charge in [0.2, 0.25) is 0 Å². The predicted molar refractivity (Wildman–Crippen MR) is 74.9 cm³/mol. The fraction of sp³-hybridized carbons (Fsp3) is 0.533. The second-order valence-corrected chi connectivity index (χ2v) is 5.59. The van der Waals surface area contributed by atoms with E-state index in [-0.39, 0.29) is 12.5 Å². The number of hydrogen-bond acceptors (Lipinski definition) is 3. The van der Waals surface area contributed by atoms with Gasteiger partial charge in [0.05, 0.1) is 18.8 Å². The zero-order chi connectivity index (χ0) is 14.6. The van der Waals surface area contributed by atoms with Gasteiger partial charge >= 0.3 is 5.97 Å². The zero-order valence-corrected chi connectivity index (χ0v) is 12.2. The van der Waals surface area contributed by atoms with Crippen molar-refractivity contribution in [1.82, 2.24) is 0 Å². The number of benzene rings is 1. The summed E-state index contributed by atoms with van der Waals surface area (Å²) in [5.74, 6) is 0.124. The third-order valence-corrected chi connectivity index (χ3v) is 3.68. The molecule has 2 atom stereocenters. The number of carbonyl (C=O) groups excluding carboxylic acids is 1. The number of carbonyl (C=O) groups is 1. The Labute approximate surface area is 123 Å². The number of hydrogen-bond donors (Lipinski definition) is 0. The molecule has 20 heavy (non-hydrogen) atoms. The largest absolute Gasteiger partial charge is 0.494 e. The zero-order valence-electron chi connectivity index (χ0n) is 11.4. The molecular formula is C15H18ClFO3. The molecule has 0 aliphatic heterocycles. The second-order valence-electron chi connectivity index (χ2n) is 4.96. The Morgan fingerprint density at radius 1 is 1.40 bits per heavy atom. The van der Waals surface area contributed by atoms with Crippen molar-refractivity contribution >= 4 is 17.6 Å². The first kappa shape index (κ1) is 15.1. The van der Waals surface area contributed by atoms with Gasteiger partial charge in [0.25, 0.3) is 0 Å². The van der Waals surface area contributed by atoms with Crippen LogP contribution in [0.3, 0.4) is 0 Å². The lowest BCUT2D eigenvalue weighted by Crippen LogP contribution is -2.08. The van der Waals surface area contributed by atoms with Crippen molar-refractivity contribution in [2.75, 3.05) is 13.2 Å². The second kappa shape index (κ2) is 6.44. The molecule has 110 valence electrons. The lowest BCUT2D eigenvalue weighted by atomic mass is 10.2. The molecule has 0 radical (unpaired) electrons. The van der Waals surface area contributed by atoms with E-state index in [1.165, 1.54) is 0 Å². The Hall–Kier alpha value is -1.29. The van der Waals surface area contributed by atoms with Crippen LogP contribution in [0.5, 0.6) is 5.75 Å². The maximum absolute atomic E-state index is 13.1. The predicted octanol–water partition coefficient (Wildman–Crippen LogP) is 3.95. The lowest BCUT2D eigenvalue weighted by Gasteiger charge is -2.07. The fourth-order valence-electron chi connectivity index (χ4n) is 1.87. The maximum Gasteiger partial charge on any atom is 0.338 e. The Morgan fingerprint density at radius 2 is 2.05 bits per heavy atom. The van der Waals surface area contributed by atoms with E-state index in [1.807, 2.05) is 6.92 Å².